The van der Waals surface area contributed by atoms with Crippen molar-refractivity contribution in [2.75, 3.05) is 40.5 Å². The molecule has 0 radical (unpaired) electrons. The van der Waals surface area contributed by atoms with E-state index < -0.39 is 5.60 Å². The normalized spacial score (nSPS) is 14.7. The molecule has 0 bridgehead atoms. The van der Waals surface area contributed by atoms with Gasteiger partial charge in [0.1, 0.15) is 5.60 Å². The van der Waals surface area contributed by atoms with E-state index in [1.165, 1.54) is 0 Å². The van der Waals surface area contributed by atoms with E-state index in [9.17, 15) is 4.79 Å². The molecule has 0 heterocycles. The third-order valence-corrected chi connectivity index (χ3v) is 3.31. The van der Waals surface area contributed by atoms with Gasteiger partial charge in [0.25, 0.3) is 0 Å². The number of ether oxygens (including phenoxy) is 3. The molecule has 0 aromatic rings. The van der Waals surface area contributed by atoms with Crippen LogP contribution >= 0.6 is 0 Å². The smallest absolute Gasteiger partial charge is 0.407 e. The van der Waals surface area contributed by atoms with E-state index in [0.717, 1.165) is 13.1 Å². The number of methoxy groups -OCH3 is 2. The quantitative estimate of drug-likeness (QED) is 0.645. The predicted molar refractivity (Wildman–Crippen MR) is 88.1 cm³/mol. The highest BCUT2D eigenvalue weighted by atomic mass is 16.6. The lowest BCUT2D eigenvalue weighted by Crippen LogP contribution is -2.41. The molecule has 0 saturated heterocycles. The molecule has 0 rings (SSSR count). The van der Waals surface area contributed by atoms with Crippen LogP contribution < -0.4 is 10.6 Å². The van der Waals surface area contributed by atoms with Crippen LogP contribution in [0, 0.1) is 11.8 Å². The molecule has 2 N–H and O–H groups in total. The van der Waals surface area contributed by atoms with Gasteiger partial charge < -0.3 is 24.8 Å². The SMILES string of the molecule is COCC(CNCC(CNC(=O)OC(C)(C)C)C(C)C)OC. The highest BCUT2D eigenvalue weighted by Gasteiger charge is 2.19. The lowest BCUT2D eigenvalue weighted by Gasteiger charge is -2.25. The van der Waals surface area contributed by atoms with Crippen molar-refractivity contribution in [2.24, 2.45) is 11.8 Å². The van der Waals surface area contributed by atoms with Crippen molar-refractivity contribution in [2.45, 2.75) is 46.3 Å². The number of amides is 1. The van der Waals surface area contributed by atoms with Gasteiger partial charge >= 0.3 is 6.09 Å². The Morgan fingerprint density at radius 2 is 1.73 bits per heavy atom. The number of alkyl carbamates (subject to hydrolysis) is 1. The van der Waals surface area contributed by atoms with Crippen molar-refractivity contribution >= 4 is 6.09 Å². The molecule has 132 valence electrons. The van der Waals surface area contributed by atoms with E-state index in [1.54, 1.807) is 14.2 Å². The zero-order chi connectivity index (χ0) is 17.2. The fourth-order valence-electron chi connectivity index (χ4n) is 1.90. The first-order valence-corrected chi connectivity index (χ1v) is 7.88. The van der Waals surface area contributed by atoms with E-state index in [4.69, 9.17) is 14.2 Å². The molecular weight excluding hydrogens is 284 g/mol. The van der Waals surface area contributed by atoms with Crippen LogP contribution in [0.15, 0.2) is 0 Å². The van der Waals surface area contributed by atoms with Gasteiger partial charge in [0.05, 0.1) is 12.7 Å². The Bertz CT molecular complexity index is 303. The van der Waals surface area contributed by atoms with Crippen LogP contribution in [0.3, 0.4) is 0 Å². The Morgan fingerprint density at radius 1 is 1.09 bits per heavy atom. The summed E-state index contributed by atoms with van der Waals surface area (Å²) >= 11 is 0. The van der Waals surface area contributed by atoms with Crippen LogP contribution in [0.25, 0.3) is 0 Å². The summed E-state index contributed by atoms with van der Waals surface area (Å²) in [6.45, 7) is 12.5. The van der Waals surface area contributed by atoms with Crippen molar-refractivity contribution in [3.63, 3.8) is 0 Å². The molecular formula is C16H34N2O4. The lowest BCUT2D eigenvalue weighted by atomic mass is 9.95. The van der Waals surface area contributed by atoms with Gasteiger partial charge in [0.15, 0.2) is 0 Å². The minimum absolute atomic E-state index is 0.0385. The minimum atomic E-state index is -0.471. The Morgan fingerprint density at radius 3 is 2.18 bits per heavy atom. The number of hydrogen-bond acceptors (Lipinski definition) is 5. The predicted octanol–water partition coefficient (Wildman–Crippen LogP) is 2.03. The average molecular weight is 318 g/mol. The Kier molecular flexibility index (Phi) is 10.4. The van der Waals surface area contributed by atoms with Gasteiger partial charge in [-0.05, 0) is 39.2 Å². The summed E-state index contributed by atoms with van der Waals surface area (Å²) in [4.78, 5) is 11.7. The molecule has 6 nitrogen and oxygen atoms in total. The van der Waals surface area contributed by atoms with Gasteiger partial charge in [0.2, 0.25) is 0 Å². The second-order valence-electron chi connectivity index (χ2n) is 6.86. The summed E-state index contributed by atoms with van der Waals surface area (Å²) in [7, 11) is 3.34. The van der Waals surface area contributed by atoms with E-state index >= 15 is 0 Å². The number of rotatable bonds is 10. The maximum Gasteiger partial charge on any atom is 0.407 e. The highest BCUT2D eigenvalue weighted by molar-refractivity contribution is 5.67. The number of nitrogens with one attached hydrogen (secondary N) is 2. The number of hydrogen-bond donors (Lipinski definition) is 2. The molecule has 6 heteroatoms. The standard InChI is InChI=1S/C16H34N2O4/c1-12(2)13(8-17-10-14(21-7)11-20-6)9-18-15(19)22-16(3,4)5/h12-14,17H,8-11H2,1-7H3,(H,18,19). The van der Waals surface area contributed by atoms with E-state index in [2.05, 4.69) is 24.5 Å². The minimum Gasteiger partial charge on any atom is -0.444 e. The van der Waals surface area contributed by atoms with Gasteiger partial charge in [-0.25, -0.2) is 4.79 Å². The van der Waals surface area contributed by atoms with Gasteiger partial charge in [0, 0.05) is 27.3 Å². The fourth-order valence-corrected chi connectivity index (χ4v) is 1.90. The number of carbonyl (C=O) groups excluding carboxylic acids is 1. The molecule has 0 aliphatic carbocycles. The first kappa shape index (κ1) is 21.1. The molecule has 0 aromatic heterocycles. The van der Waals surface area contributed by atoms with Crippen LogP contribution in [0.2, 0.25) is 0 Å². The van der Waals surface area contributed by atoms with Crippen LogP contribution in [-0.4, -0.2) is 58.3 Å². The van der Waals surface area contributed by atoms with Gasteiger partial charge in [-0.1, -0.05) is 13.8 Å². The third kappa shape index (κ3) is 10.8. The molecule has 0 spiro atoms. The number of carbonyl (C=O) groups is 1. The van der Waals surface area contributed by atoms with Crippen molar-refractivity contribution < 1.29 is 19.0 Å². The Hall–Kier alpha value is -0.850. The van der Waals surface area contributed by atoms with Crippen LogP contribution in [0.1, 0.15) is 34.6 Å². The summed E-state index contributed by atoms with van der Waals surface area (Å²) in [5.41, 5.74) is -0.471. The Labute approximate surface area is 135 Å². The van der Waals surface area contributed by atoms with E-state index in [1.807, 2.05) is 20.8 Å². The molecule has 1 amide bonds. The summed E-state index contributed by atoms with van der Waals surface area (Å²) in [6.07, 6.45) is -0.330. The van der Waals surface area contributed by atoms with Crippen LogP contribution in [0.5, 0.6) is 0 Å². The summed E-state index contributed by atoms with van der Waals surface area (Å²) in [5.74, 6) is 0.776. The topological polar surface area (TPSA) is 68.8 Å². The first-order valence-electron chi connectivity index (χ1n) is 7.88. The lowest BCUT2D eigenvalue weighted by molar-refractivity contribution is 0.0280. The maximum absolute atomic E-state index is 11.7. The first-order chi connectivity index (χ1) is 10.2. The van der Waals surface area contributed by atoms with Gasteiger partial charge in [-0.2, -0.15) is 0 Å². The molecule has 0 aliphatic heterocycles. The molecule has 2 atom stereocenters. The van der Waals surface area contributed by atoms with Gasteiger partial charge in [-0.15, -0.1) is 0 Å². The second-order valence-corrected chi connectivity index (χ2v) is 6.86. The van der Waals surface area contributed by atoms with Crippen molar-refractivity contribution in [3.8, 4) is 0 Å². The Balaban J connectivity index is 4.13. The van der Waals surface area contributed by atoms with Crippen LogP contribution in [-0.2, 0) is 14.2 Å². The molecule has 22 heavy (non-hydrogen) atoms. The molecule has 2 unspecified atom stereocenters. The van der Waals surface area contributed by atoms with Gasteiger partial charge in [-0.3, -0.25) is 0 Å². The van der Waals surface area contributed by atoms with E-state index in [-0.39, 0.29) is 12.2 Å². The average Bonchev–Trinajstić information content (AvgIpc) is 2.38. The zero-order valence-corrected chi connectivity index (χ0v) is 15.2. The summed E-state index contributed by atoms with van der Waals surface area (Å²) < 4.78 is 15.6. The van der Waals surface area contributed by atoms with Crippen LogP contribution in [0.4, 0.5) is 4.79 Å². The monoisotopic (exact) mass is 318 g/mol. The molecule has 0 aliphatic rings. The summed E-state index contributed by atoms with van der Waals surface area (Å²) in [5, 5.41) is 6.22. The highest BCUT2D eigenvalue weighted by Crippen LogP contribution is 2.10. The van der Waals surface area contributed by atoms with E-state index in [0.29, 0.717) is 25.0 Å². The third-order valence-electron chi connectivity index (χ3n) is 3.31. The largest absolute Gasteiger partial charge is 0.444 e. The van der Waals surface area contributed by atoms with Crippen molar-refractivity contribution in [3.05, 3.63) is 0 Å². The zero-order valence-electron chi connectivity index (χ0n) is 15.2. The summed E-state index contributed by atoms with van der Waals surface area (Å²) in [6, 6.07) is 0. The fraction of sp³-hybridized carbons (Fsp3) is 0.938. The molecule has 0 saturated carbocycles. The molecule has 0 fully saturated rings. The van der Waals surface area contributed by atoms with Crippen molar-refractivity contribution in [1.82, 2.24) is 10.6 Å². The van der Waals surface area contributed by atoms with Crippen molar-refractivity contribution in [1.29, 1.82) is 0 Å². The maximum atomic E-state index is 11.7. The molecule has 0 aromatic carbocycles. The second kappa shape index (κ2) is 10.8.